The molecule has 60 valence electrons. The first-order chi connectivity index (χ1) is 4.74. The first-order valence-electron chi connectivity index (χ1n) is 3.20. The van der Waals surface area contributed by atoms with E-state index < -0.39 is 5.91 Å². The number of hydrogen-bond donors (Lipinski definition) is 2. The molecule has 0 aliphatic heterocycles. The summed E-state index contributed by atoms with van der Waals surface area (Å²) >= 11 is 0. The minimum atomic E-state index is -0.409. The van der Waals surface area contributed by atoms with Crippen LogP contribution < -0.4 is 5.48 Å². The number of rotatable bonds is 4. The number of amides is 1. The van der Waals surface area contributed by atoms with E-state index in [4.69, 9.17) is 9.94 Å². The Balaban J connectivity index is 3.52. The summed E-state index contributed by atoms with van der Waals surface area (Å²) in [7, 11) is 1.54. The molecule has 0 radical (unpaired) electrons. The van der Waals surface area contributed by atoms with Crippen LogP contribution >= 0.6 is 0 Å². The molecule has 4 nitrogen and oxygen atoms in total. The Hall–Kier alpha value is -0.610. The first-order valence-corrected chi connectivity index (χ1v) is 3.20. The topological polar surface area (TPSA) is 58.6 Å². The minimum Gasteiger partial charge on any atom is -0.381 e. The Kier molecular flexibility index (Phi) is 4.88. The third kappa shape index (κ3) is 3.42. The number of carbonyl (C=O) groups is 1. The maximum Gasteiger partial charge on any atom is 0.245 e. The molecule has 0 aromatic rings. The lowest BCUT2D eigenvalue weighted by Gasteiger charge is -2.09. The summed E-state index contributed by atoms with van der Waals surface area (Å²) in [6, 6.07) is 0. The molecular weight excluding hydrogens is 134 g/mol. The van der Waals surface area contributed by atoms with Crippen molar-refractivity contribution in [3.63, 3.8) is 0 Å². The van der Waals surface area contributed by atoms with Crippen molar-refractivity contribution < 1.29 is 14.7 Å². The average Bonchev–Trinajstić information content (AvgIpc) is 1.99. The van der Waals surface area contributed by atoms with Crippen LogP contribution in [0.5, 0.6) is 0 Å². The second-order valence-electron chi connectivity index (χ2n) is 2.01. The standard InChI is InChI=1S/C6H13NO3/c1-3-5(10-2)4-6(8)7-9/h5,9H,3-4H2,1-2H3,(H,7,8). The largest absolute Gasteiger partial charge is 0.381 e. The van der Waals surface area contributed by atoms with E-state index in [9.17, 15) is 4.79 Å². The lowest BCUT2D eigenvalue weighted by molar-refractivity contribution is -0.131. The predicted molar refractivity (Wildman–Crippen MR) is 35.6 cm³/mol. The monoisotopic (exact) mass is 147 g/mol. The highest BCUT2D eigenvalue weighted by Gasteiger charge is 2.09. The normalized spacial score (nSPS) is 12.7. The number of methoxy groups -OCH3 is 1. The van der Waals surface area contributed by atoms with E-state index >= 15 is 0 Å². The Morgan fingerprint density at radius 3 is 2.70 bits per heavy atom. The van der Waals surface area contributed by atoms with Gasteiger partial charge in [-0.15, -0.1) is 0 Å². The predicted octanol–water partition coefficient (Wildman–Crippen LogP) is 0.307. The van der Waals surface area contributed by atoms with Gasteiger partial charge in [0.1, 0.15) is 0 Å². The summed E-state index contributed by atoms with van der Waals surface area (Å²) in [5, 5.41) is 8.12. The van der Waals surface area contributed by atoms with Gasteiger partial charge in [0, 0.05) is 7.11 Å². The number of hydrogen-bond acceptors (Lipinski definition) is 3. The van der Waals surface area contributed by atoms with Crippen LogP contribution in [0, 0.1) is 0 Å². The Morgan fingerprint density at radius 2 is 2.40 bits per heavy atom. The van der Waals surface area contributed by atoms with Gasteiger partial charge in [-0.25, -0.2) is 5.48 Å². The smallest absolute Gasteiger partial charge is 0.245 e. The number of ether oxygens (including phenoxy) is 1. The zero-order valence-electron chi connectivity index (χ0n) is 6.26. The van der Waals surface area contributed by atoms with Crippen molar-refractivity contribution in [1.29, 1.82) is 0 Å². The van der Waals surface area contributed by atoms with Crippen LogP contribution in [0.15, 0.2) is 0 Å². The zero-order valence-corrected chi connectivity index (χ0v) is 6.26. The van der Waals surface area contributed by atoms with Crippen molar-refractivity contribution in [1.82, 2.24) is 5.48 Å². The molecule has 2 N–H and O–H groups in total. The highest BCUT2D eigenvalue weighted by molar-refractivity contribution is 5.75. The van der Waals surface area contributed by atoms with Gasteiger partial charge in [-0.3, -0.25) is 10.0 Å². The van der Waals surface area contributed by atoms with E-state index in [0.29, 0.717) is 0 Å². The van der Waals surface area contributed by atoms with E-state index in [-0.39, 0.29) is 12.5 Å². The summed E-state index contributed by atoms with van der Waals surface area (Å²) in [6.45, 7) is 1.92. The highest BCUT2D eigenvalue weighted by Crippen LogP contribution is 2.00. The third-order valence-corrected chi connectivity index (χ3v) is 1.33. The Bertz CT molecular complexity index is 101. The Morgan fingerprint density at radius 1 is 1.80 bits per heavy atom. The van der Waals surface area contributed by atoms with Crippen LogP contribution in [0.4, 0.5) is 0 Å². The molecule has 0 aromatic heterocycles. The van der Waals surface area contributed by atoms with Gasteiger partial charge in [-0.2, -0.15) is 0 Å². The zero-order chi connectivity index (χ0) is 7.98. The molecule has 0 aromatic carbocycles. The second-order valence-corrected chi connectivity index (χ2v) is 2.01. The molecular formula is C6H13NO3. The van der Waals surface area contributed by atoms with Crippen LogP contribution in [0.3, 0.4) is 0 Å². The van der Waals surface area contributed by atoms with Crippen LogP contribution in [0.1, 0.15) is 19.8 Å². The molecule has 0 rings (SSSR count). The van der Waals surface area contributed by atoms with Crippen molar-refractivity contribution in [2.45, 2.75) is 25.9 Å². The van der Waals surface area contributed by atoms with E-state index in [2.05, 4.69) is 0 Å². The molecule has 4 heteroatoms. The molecule has 0 saturated heterocycles. The molecule has 1 unspecified atom stereocenters. The first kappa shape index (κ1) is 9.39. The lowest BCUT2D eigenvalue weighted by atomic mass is 10.2. The average molecular weight is 147 g/mol. The van der Waals surface area contributed by atoms with Gasteiger partial charge >= 0.3 is 0 Å². The van der Waals surface area contributed by atoms with Crippen LogP contribution in [0.2, 0.25) is 0 Å². The molecule has 0 bridgehead atoms. The van der Waals surface area contributed by atoms with E-state index in [1.54, 1.807) is 12.6 Å². The molecule has 0 saturated carbocycles. The summed E-state index contributed by atoms with van der Waals surface area (Å²) in [5.41, 5.74) is 1.55. The molecule has 0 aliphatic rings. The number of nitrogens with one attached hydrogen (secondary N) is 1. The van der Waals surface area contributed by atoms with Crippen LogP contribution in [0.25, 0.3) is 0 Å². The minimum absolute atomic E-state index is 0.0906. The highest BCUT2D eigenvalue weighted by atomic mass is 16.5. The second kappa shape index (κ2) is 5.20. The summed E-state index contributed by atoms with van der Waals surface area (Å²) in [6.07, 6.45) is 0.889. The molecule has 0 heterocycles. The van der Waals surface area contributed by atoms with E-state index in [1.807, 2.05) is 6.92 Å². The van der Waals surface area contributed by atoms with Crippen molar-refractivity contribution in [2.75, 3.05) is 7.11 Å². The lowest BCUT2D eigenvalue weighted by Crippen LogP contribution is -2.24. The molecule has 10 heavy (non-hydrogen) atoms. The molecule has 1 amide bonds. The van der Waals surface area contributed by atoms with Crippen LogP contribution in [-0.4, -0.2) is 24.3 Å². The Labute approximate surface area is 60.1 Å². The fourth-order valence-corrected chi connectivity index (χ4v) is 0.647. The van der Waals surface area contributed by atoms with Gasteiger partial charge in [0.05, 0.1) is 12.5 Å². The maximum atomic E-state index is 10.5. The van der Waals surface area contributed by atoms with Gasteiger partial charge in [0.15, 0.2) is 0 Å². The molecule has 0 spiro atoms. The van der Waals surface area contributed by atoms with Gasteiger partial charge in [-0.1, -0.05) is 6.92 Å². The van der Waals surface area contributed by atoms with Crippen molar-refractivity contribution >= 4 is 5.91 Å². The quantitative estimate of drug-likeness (QED) is 0.444. The number of hydroxylamine groups is 1. The van der Waals surface area contributed by atoms with Crippen molar-refractivity contribution in [2.24, 2.45) is 0 Å². The third-order valence-electron chi connectivity index (χ3n) is 1.33. The van der Waals surface area contributed by atoms with Crippen molar-refractivity contribution in [3.05, 3.63) is 0 Å². The van der Waals surface area contributed by atoms with Gasteiger partial charge < -0.3 is 4.74 Å². The van der Waals surface area contributed by atoms with E-state index in [1.165, 1.54) is 0 Å². The van der Waals surface area contributed by atoms with Crippen molar-refractivity contribution in [3.8, 4) is 0 Å². The summed E-state index contributed by atoms with van der Waals surface area (Å²) in [5.74, 6) is -0.409. The van der Waals surface area contributed by atoms with Gasteiger partial charge in [0.25, 0.3) is 0 Å². The van der Waals surface area contributed by atoms with Gasteiger partial charge in [-0.05, 0) is 6.42 Å². The summed E-state index contributed by atoms with van der Waals surface area (Å²) in [4.78, 5) is 10.5. The molecule has 0 aliphatic carbocycles. The number of carbonyl (C=O) groups excluding carboxylic acids is 1. The molecule has 1 atom stereocenters. The molecule has 0 fully saturated rings. The fraction of sp³-hybridized carbons (Fsp3) is 0.833. The fourth-order valence-electron chi connectivity index (χ4n) is 0.647. The van der Waals surface area contributed by atoms with Gasteiger partial charge in [0.2, 0.25) is 5.91 Å². The maximum absolute atomic E-state index is 10.5. The van der Waals surface area contributed by atoms with E-state index in [0.717, 1.165) is 6.42 Å². The summed E-state index contributed by atoms with van der Waals surface area (Å²) < 4.78 is 4.90. The SMILES string of the molecule is CCC(CC(=O)NO)OC. The van der Waals surface area contributed by atoms with Crippen LogP contribution in [-0.2, 0) is 9.53 Å².